The van der Waals surface area contributed by atoms with E-state index in [1.165, 1.54) is 0 Å². The fourth-order valence-electron chi connectivity index (χ4n) is 3.85. The quantitative estimate of drug-likeness (QED) is 0.466. The molecule has 0 radical (unpaired) electrons. The summed E-state index contributed by atoms with van der Waals surface area (Å²) in [6.45, 7) is 4.21. The van der Waals surface area contributed by atoms with Crippen molar-refractivity contribution >= 4 is 29.0 Å². The maximum atomic E-state index is 12.6. The van der Waals surface area contributed by atoms with Gasteiger partial charge in [-0.25, -0.2) is 0 Å². The average molecular weight is 410 g/mol. The first kappa shape index (κ1) is 20.9. The minimum Gasteiger partial charge on any atom is -0.473 e. The maximum Gasteiger partial charge on any atom is 0.255 e. The maximum absolute atomic E-state index is 12.6. The van der Waals surface area contributed by atoms with Gasteiger partial charge in [0.1, 0.15) is 11.5 Å². The molecular weight excluding hydrogens is 382 g/mol. The van der Waals surface area contributed by atoms with E-state index in [2.05, 4.69) is 10.2 Å². The van der Waals surface area contributed by atoms with Gasteiger partial charge in [0.25, 0.3) is 5.91 Å². The number of likely N-dealkylation sites (tertiary alicyclic amines) is 1. The van der Waals surface area contributed by atoms with Crippen molar-refractivity contribution in [2.45, 2.75) is 44.3 Å². The zero-order valence-electron chi connectivity index (χ0n) is 16.1. The van der Waals surface area contributed by atoms with E-state index in [0.29, 0.717) is 42.9 Å². The number of carbonyl (C=O) groups is 2. The first-order valence-electron chi connectivity index (χ1n) is 9.75. The minimum atomic E-state index is -0.514. The van der Waals surface area contributed by atoms with Crippen molar-refractivity contribution in [3.63, 3.8) is 0 Å². The van der Waals surface area contributed by atoms with Crippen molar-refractivity contribution < 1.29 is 19.4 Å². The largest absolute Gasteiger partial charge is 0.473 e. The molecule has 2 heterocycles. The van der Waals surface area contributed by atoms with Crippen LogP contribution in [0.25, 0.3) is 0 Å². The Bertz CT molecular complexity index is 742. The summed E-state index contributed by atoms with van der Waals surface area (Å²) in [6.07, 6.45) is 2.15. The zero-order chi connectivity index (χ0) is 20.3. The lowest BCUT2D eigenvalue weighted by atomic mass is 9.93. The zero-order valence-corrected chi connectivity index (χ0v) is 16.9. The molecule has 28 heavy (non-hydrogen) atoms. The molecule has 2 aliphatic rings. The highest BCUT2D eigenvalue weighted by Crippen LogP contribution is 2.37. The molecule has 3 atom stereocenters. The van der Waals surface area contributed by atoms with E-state index in [-0.39, 0.29) is 17.6 Å². The predicted molar refractivity (Wildman–Crippen MR) is 108 cm³/mol. The highest BCUT2D eigenvalue weighted by molar-refractivity contribution is 6.20. The van der Waals surface area contributed by atoms with Crippen LogP contribution in [0.3, 0.4) is 0 Å². The molecular formula is C20H28ClN3O4. The molecule has 8 heteroatoms. The number of hydrogen-bond donors (Lipinski definition) is 3. The molecule has 1 unspecified atom stereocenters. The number of ether oxygens (including phenoxy) is 1. The normalized spacial score (nSPS) is 24.5. The third kappa shape index (κ3) is 4.96. The van der Waals surface area contributed by atoms with Crippen molar-refractivity contribution in [3.05, 3.63) is 23.3 Å². The van der Waals surface area contributed by atoms with Gasteiger partial charge in [-0.05, 0) is 45.0 Å². The molecule has 0 bridgehead atoms. The van der Waals surface area contributed by atoms with Gasteiger partial charge in [0.15, 0.2) is 5.56 Å². The van der Waals surface area contributed by atoms with E-state index in [1.807, 2.05) is 0 Å². The number of aliphatic hydroxyl groups excluding tert-OH is 1. The fourth-order valence-corrected chi connectivity index (χ4v) is 4.10. The topological polar surface area (TPSA) is 105 Å². The second-order valence-electron chi connectivity index (χ2n) is 7.67. The van der Waals surface area contributed by atoms with Crippen molar-refractivity contribution in [1.82, 2.24) is 10.2 Å². The summed E-state index contributed by atoms with van der Waals surface area (Å²) in [4.78, 5) is 25.9. The molecule has 1 aromatic rings. The van der Waals surface area contributed by atoms with E-state index in [4.69, 9.17) is 22.1 Å². The number of alkyl halides is 1. The van der Waals surface area contributed by atoms with Crippen LogP contribution in [0.4, 0.5) is 5.69 Å². The molecule has 0 aliphatic carbocycles. The van der Waals surface area contributed by atoms with Crippen LogP contribution < -0.4 is 15.8 Å². The number of anilines is 1. The van der Waals surface area contributed by atoms with Crippen LogP contribution in [0.1, 0.15) is 42.1 Å². The van der Waals surface area contributed by atoms with Crippen LogP contribution in [-0.2, 0) is 11.2 Å². The van der Waals surface area contributed by atoms with Gasteiger partial charge in [-0.2, -0.15) is 0 Å². The van der Waals surface area contributed by atoms with Crippen LogP contribution in [0.2, 0.25) is 0 Å². The van der Waals surface area contributed by atoms with Gasteiger partial charge < -0.3 is 30.6 Å². The number of benzene rings is 1. The molecule has 1 saturated heterocycles. The molecule has 3 rings (SSSR count). The molecule has 154 valence electrons. The Morgan fingerprint density at radius 2 is 2.21 bits per heavy atom. The van der Waals surface area contributed by atoms with Crippen molar-refractivity contribution in [2.75, 3.05) is 31.9 Å². The molecule has 0 spiro atoms. The number of nitrogen functional groups attached to an aromatic ring is 1. The van der Waals surface area contributed by atoms with Crippen molar-refractivity contribution in [3.8, 4) is 5.75 Å². The number of Topliss-reactive ketones (excluding diaryl/α,β-unsaturated/α-hetero) is 1. The molecule has 7 nitrogen and oxygen atoms in total. The second-order valence-corrected chi connectivity index (χ2v) is 8.16. The molecule has 2 aliphatic heterocycles. The number of ketones is 1. The number of nitrogens with one attached hydrogen (secondary N) is 1. The Labute approximate surface area is 170 Å². The molecule has 0 saturated carbocycles. The summed E-state index contributed by atoms with van der Waals surface area (Å²) in [7, 11) is 0. The Kier molecular flexibility index (Phi) is 6.80. The highest BCUT2D eigenvalue weighted by Gasteiger charge is 2.30. The number of nitrogens with two attached hydrogens (primary N) is 1. The predicted octanol–water partition coefficient (Wildman–Crippen LogP) is 1.55. The highest BCUT2D eigenvalue weighted by atomic mass is 35.5. The number of piperidine rings is 1. The summed E-state index contributed by atoms with van der Waals surface area (Å²) in [6, 6.07) is 3.34. The molecule has 1 fully saturated rings. The Morgan fingerprint density at radius 3 is 2.93 bits per heavy atom. The number of carbonyl (C=O) groups excluding carboxylic acids is 2. The number of amides is 1. The third-order valence-corrected chi connectivity index (χ3v) is 5.73. The lowest BCUT2D eigenvalue weighted by Gasteiger charge is -2.36. The number of rotatable bonds is 7. The van der Waals surface area contributed by atoms with Crippen molar-refractivity contribution in [1.29, 1.82) is 0 Å². The number of hydrogen-bond acceptors (Lipinski definition) is 6. The molecule has 0 aromatic heterocycles. The number of halogens is 1. The monoisotopic (exact) mass is 409 g/mol. The summed E-state index contributed by atoms with van der Waals surface area (Å²) in [5.41, 5.74) is 7.20. The van der Waals surface area contributed by atoms with Crippen LogP contribution >= 0.6 is 11.6 Å². The van der Waals surface area contributed by atoms with Gasteiger partial charge in [-0.3, -0.25) is 4.79 Å². The standard InChI is InChI=1S/C20H28ClN3O4/c1-12(25)3-2-7-24-8-6-13(17(26)11-24)10-23-20(27)14-4-5-16(22)15-9-18(21)28-19(14)15/h4-5,13,17-18,26H,2-3,6-11,22H2,1H3,(H,23,27)/t13-,17-,18?/m0/s1. The van der Waals surface area contributed by atoms with E-state index in [9.17, 15) is 14.7 Å². The summed E-state index contributed by atoms with van der Waals surface area (Å²) < 4.78 is 5.57. The average Bonchev–Trinajstić information content (AvgIpc) is 3.03. The minimum absolute atomic E-state index is 0.00321. The van der Waals surface area contributed by atoms with Gasteiger partial charge in [0, 0.05) is 43.1 Å². The number of aliphatic hydroxyl groups is 1. The van der Waals surface area contributed by atoms with E-state index >= 15 is 0 Å². The van der Waals surface area contributed by atoms with Gasteiger partial charge in [-0.1, -0.05) is 11.6 Å². The van der Waals surface area contributed by atoms with Crippen LogP contribution in [0.15, 0.2) is 12.1 Å². The Balaban J connectivity index is 1.51. The number of nitrogens with zero attached hydrogens (tertiary/aromatic N) is 1. The van der Waals surface area contributed by atoms with Crippen LogP contribution in [0, 0.1) is 5.92 Å². The van der Waals surface area contributed by atoms with Crippen LogP contribution in [-0.4, -0.2) is 59.5 Å². The van der Waals surface area contributed by atoms with Crippen molar-refractivity contribution in [2.24, 2.45) is 5.92 Å². The SMILES string of the molecule is CC(=O)CCCN1CC[C@@H](CNC(=O)c2ccc(N)c3c2OC(Cl)C3)[C@@H](O)C1. The second kappa shape index (κ2) is 9.11. The van der Waals surface area contributed by atoms with Gasteiger partial charge in [-0.15, -0.1) is 0 Å². The summed E-state index contributed by atoms with van der Waals surface area (Å²) >= 11 is 6.05. The lowest BCUT2D eigenvalue weighted by Crippen LogP contribution is -2.47. The molecule has 1 aromatic carbocycles. The summed E-state index contributed by atoms with van der Waals surface area (Å²) in [5, 5.41) is 13.3. The Hall–Kier alpha value is -1.83. The van der Waals surface area contributed by atoms with Crippen LogP contribution in [0.5, 0.6) is 5.75 Å². The van der Waals surface area contributed by atoms with Gasteiger partial charge >= 0.3 is 0 Å². The Morgan fingerprint density at radius 1 is 1.43 bits per heavy atom. The van der Waals surface area contributed by atoms with Gasteiger partial charge in [0.2, 0.25) is 0 Å². The molecule has 1 amide bonds. The fraction of sp³-hybridized carbons (Fsp3) is 0.600. The third-order valence-electron chi connectivity index (χ3n) is 5.49. The summed E-state index contributed by atoms with van der Waals surface area (Å²) in [5.74, 6) is 0.393. The van der Waals surface area contributed by atoms with E-state index in [0.717, 1.165) is 31.5 Å². The van der Waals surface area contributed by atoms with Gasteiger partial charge in [0.05, 0.1) is 11.7 Å². The van der Waals surface area contributed by atoms with E-state index in [1.54, 1.807) is 19.1 Å². The number of fused-ring (bicyclic) bond motifs is 1. The molecule has 4 N–H and O–H groups in total. The first-order valence-corrected chi connectivity index (χ1v) is 10.2. The van der Waals surface area contributed by atoms with E-state index < -0.39 is 11.7 Å². The first-order chi connectivity index (χ1) is 13.3. The smallest absolute Gasteiger partial charge is 0.255 e. The lowest BCUT2D eigenvalue weighted by molar-refractivity contribution is -0.117. The number of β-amino-alcohol motifs (C(OH)–C–C–N with tert-alkyl or cyclic N) is 1.